The van der Waals surface area contributed by atoms with Gasteiger partial charge in [-0.2, -0.15) is 5.10 Å². The molecule has 19 heavy (non-hydrogen) atoms. The number of carbonyl (C=O) groups is 1. The Morgan fingerprint density at radius 2 is 2.05 bits per heavy atom. The molecule has 0 radical (unpaired) electrons. The monoisotopic (exact) mass is 333 g/mol. The van der Waals surface area contributed by atoms with Crippen molar-refractivity contribution in [2.75, 3.05) is 0 Å². The van der Waals surface area contributed by atoms with Gasteiger partial charge in [-0.1, -0.05) is 34.8 Å². The molecule has 0 saturated carbocycles. The Hall–Kier alpha value is -0.350. The molecule has 2 fully saturated rings. The summed E-state index contributed by atoms with van der Waals surface area (Å²) in [5.41, 5.74) is 6.77. The average Bonchev–Trinajstić information content (AvgIpc) is 2.79. The Bertz CT molecular complexity index is 390. The number of urea groups is 1. The summed E-state index contributed by atoms with van der Waals surface area (Å²) in [7, 11) is 0. The van der Waals surface area contributed by atoms with E-state index in [-0.39, 0.29) is 0 Å². The van der Waals surface area contributed by atoms with Crippen molar-refractivity contribution in [3.63, 3.8) is 0 Å². The van der Waals surface area contributed by atoms with Gasteiger partial charge in [-0.15, -0.1) is 0 Å². The lowest BCUT2D eigenvalue weighted by molar-refractivity contribution is -0.152. The number of carbonyl (C=O) groups excluding carboxylic acids is 1. The third-order valence-electron chi connectivity index (χ3n) is 2.43. The highest BCUT2D eigenvalue weighted by molar-refractivity contribution is 6.67. The van der Waals surface area contributed by atoms with Crippen molar-refractivity contribution >= 4 is 47.0 Å². The molecule has 0 bridgehead atoms. The summed E-state index contributed by atoms with van der Waals surface area (Å²) in [6, 6.07) is -0.840. The molecule has 0 aliphatic carbocycles. The molecule has 0 aromatic rings. The third kappa shape index (κ3) is 3.40. The topological polar surface area (TPSA) is 115 Å². The molecule has 0 spiro atoms. The zero-order valence-corrected chi connectivity index (χ0v) is 11.5. The van der Waals surface area contributed by atoms with Crippen molar-refractivity contribution in [2.24, 2.45) is 10.8 Å². The van der Waals surface area contributed by atoms with Crippen LogP contribution in [-0.4, -0.2) is 52.0 Å². The molecule has 11 heteroatoms. The number of ether oxygens (including phenoxy) is 3. The van der Waals surface area contributed by atoms with Crippen LogP contribution in [0.25, 0.3) is 0 Å². The highest BCUT2D eigenvalue weighted by atomic mass is 35.6. The van der Waals surface area contributed by atoms with Crippen molar-refractivity contribution in [1.82, 2.24) is 5.43 Å². The number of nitrogens with one attached hydrogen (secondary N) is 1. The predicted molar refractivity (Wildman–Crippen MR) is 65.9 cm³/mol. The molecule has 2 rings (SSSR count). The SMILES string of the molecule is NC(=O)N/N=C/[C@H]1O[C@@H]2O[C@H](C(Cl)(Cl)Cl)O[C@@H]2[C@H]1O. The number of amides is 2. The van der Waals surface area contributed by atoms with Crippen molar-refractivity contribution in [1.29, 1.82) is 0 Å². The summed E-state index contributed by atoms with van der Waals surface area (Å²) in [4.78, 5) is 10.4. The first-order chi connectivity index (χ1) is 8.79. The first-order valence-corrected chi connectivity index (χ1v) is 6.22. The lowest BCUT2D eigenvalue weighted by Crippen LogP contribution is -2.36. The van der Waals surface area contributed by atoms with Gasteiger partial charge in [0.05, 0.1) is 6.21 Å². The fourth-order valence-electron chi connectivity index (χ4n) is 1.66. The smallest absolute Gasteiger partial charge is 0.332 e. The summed E-state index contributed by atoms with van der Waals surface area (Å²) in [5.74, 6) is 0. The van der Waals surface area contributed by atoms with Crippen molar-refractivity contribution in [3.8, 4) is 0 Å². The van der Waals surface area contributed by atoms with Gasteiger partial charge in [-0.3, -0.25) is 0 Å². The second kappa shape index (κ2) is 5.57. The lowest BCUT2D eigenvalue weighted by Gasteiger charge is -2.21. The van der Waals surface area contributed by atoms with E-state index in [9.17, 15) is 9.90 Å². The van der Waals surface area contributed by atoms with Crippen LogP contribution in [0.4, 0.5) is 4.79 Å². The van der Waals surface area contributed by atoms with E-state index in [0.29, 0.717) is 0 Å². The molecule has 2 amide bonds. The molecule has 2 saturated heterocycles. The zero-order valence-electron chi connectivity index (χ0n) is 9.20. The average molecular weight is 335 g/mol. The van der Waals surface area contributed by atoms with E-state index < -0.39 is 40.7 Å². The summed E-state index contributed by atoms with van der Waals surface area (Å²) in [6.07, 6.45) is -3.60. The van der Waals surface area contributed by atoms with Gasteiger partial charge in [0.15, 0.2) is 6.29 Å². The van der Waals surface area contributed by atoms with Crippen LogP contribution in [-0.2, 0) is 14.2 Å². The van der Waals surface area contributed by atoms with Gasteiger partial charge in [0.25, 0.3) is 0 Å². The minimum Gasteiger partial charge on any atom is -0.387 e. The molecular weight excluding hydrogens is 324 g/mol. The number of fused-ring (bicyclic) bond motifs is 1. The Morgan fingerprint density at radius 3 is 2.58 bits per heavy atom. The Kier molecular flexibility index (Phi) is 4.41. The molecule has 0 aromatic carbocycles. The second-order valence-electron chi connectivity index (χ2n) is 3.82. The number of aliphatic hydroxyl groups excluding tert-OH is 1. The molecule has 5 atom stereocenters. The molecular formula is C8H10Cl3N3O5. The number of aliphatic hydroxyl groups is 1. The minimum atomic E-state index is -1.79. The van der Waals surface area contributed by atoms with E-state index >= 15 is 0 Å². The number of hydrazone groups is 1. The number of rotatable bonds is 2. The van der Waals surface area contributed by atoms with E-state index in [1.165, 1.54) is 0 Å². The van der Waals surface area contributed by atoms with Gasteiger partial charge in [-0.05, 0) is 0 Å². The fourth-order valence-corrected chi connectivity index (χ4v) is 1.97. The van der Waals surface area contributed by atoms with Crippen molar-refractivity contribution < 1.29 is 24.1 Å². The highest BCUT2D eigenvalue weighted by Crippen LogP contribution is 2.41. The molecule has 2 aliphatic rings. The van der Waals surface area contributed by atoms with Gasteiger partial charge in [0.2, 0.25) is 10.1 Å². The molecule has 108 valence electrons. The largest absolute Gasteiger partial charge is 0.387 e. The van der Waals surface area contributed by atoms with Gasteiger partial charge >= 0.3 is 6.03 Å². The number of alkyl halides is 3. The predicted octanol–water partition coefficient (Wildman–Crippen LogP) is -0.162. The van der Waals surface area contributed by atoms with Crippen molar-refractivity contribution in [3.05, 3.63) is 0 Å². The summed E-state index contributed by atoms with van der Waals surface area (Å²) in [6.45, 7) is 0. The molecule has 2 aliphatic heterocycles. The summed E-state index contributed by atoms with van der Waals surface area (Å²) < 4.78 is 14.0. The number of nitrogens with zero attached hydrogens (tertiary/aromatic N) is 1. The molecule has 4 N–H and O–H groups in total. The van der Waals surface area contributed by atoms with E-state index in [0.717, 1.165) is 6.21 Å². The Labute approximate surface area is 122 Å². The number of hydrogen-bond donors (Lipinski definition) is 3. The third-order valence-corrected chi connectivity index (χ3v) is 2.97. The fraction of sp³-hybridized carbons (Fsp3) is 0.750. The van der Waals surface area contributed by atoms with Crippen LogP contribution in [0, 0.1) is 0 Å². The van der Waals surface area contributed by atoms with E-state index in [1.54, 1.807) is 0 Å². The molecule has 2 heterocycles. The maximum atomic E-state index is 10.4. The van der Waals surface area contributed by atoms with Crippen LogP contribution in [0.2, 0.25) is 0 Å². The molecule has 8 nitrogen and oxygen atoms in total. The Balaban J connectivity index is 1.93. The normalized spacial score (nSPS) is 38.6. The van der Waals surface area contributed by atoms with Crippen LogP contribution in [0.1, 0.15) is 0 Å². The summed E-state index contributed by atoms with van der Waals surface area (Å²) >= 11 is 16.8. The van der Waals surface area contributed by atoms with E-state index in [2.05, 4.69) is 5.10 Å². The second-order valence-corrected chi connectivity index (χ2v) is 6.19. The number of nitrogens with two attached hydrogens (primary N) is 1. The van der Waals surface area contributed by atoms with Gasteiger partial charge in [-0.25, -0.2) is 10.2 Å². The van der Waals surface area contributed by atoms with Crippen LogP contribution < -0.4 is 11.2 Å². The van der Waals surface area contributed by atoms with E-state index in [1.807, 2.05) is 5.43 Å². The van der Waals surface area contributed by atoms with Crippen LogP contribution in [0.15, 0.2) is 5.10 Å². The first kappa shape index (κ1) is 15.0. The van der Waals surface area contributed by atoms with Gasteiger partial charge < -0.3 is 25.1 Å². The highest BCUT2D eigenvalue weighted by Gasteiger charge is 2.55. The Morgan fingerprint density at radius 1 is 1.37 bits per heavy atom. The lowest BCUT2D eigenvalue weighted by atomic mass is 10.1. The minimum absolute atomic E-state index is 0.814. The molecule has 0 aromatic heterocycles. The number of halogens is 3. The molecule has 0 unspecified atom stereocenters. The van der Waals surface area contributed by atoms with Crippen LogP contribution >= 0.6 is 34.8 Å². The van der Waals surface area contributed by atoms with Crippen LogP contribution in [0.5, 0.6) is 0 Å². The van der Waals surface area contributed by atoms with Crippen LogP contribution in [0.3, 0.4) is 0 Å². The maximum absolute atomic E-state index is 10.4. The maximum Gasteiger partial charge on any atom is 0.332 e. The zero-order chi connectivity index (χ0) is 14.2. The first-order valence-electron chi connectivity index (χ1n) is 5.09. The van der Waals surface area contributed by atoms with E-state index in [4.69, 9.17) is 54.7 Å². The van der Waals surface area contributed by atoms with Gasteiger partial charge in [0, 0.05) is 0 Å². The number of primary amides is 1. The number of hydrogen-bond acceptors (Lipinski definition) is 6. The van der Waals surface area contributed by atoms with Gasteiger partial charge in [0.1, 0.15) is 18.3 Å². The quantitative estimate of drug-likeness (QED) is 0.369. The standard InChI is InChI=1S/C8H10Cl3N3O5/c9-8(10,11)6-18-4-3(15)2(17-5(4)19-6)1-13-14-7(12)16/h1-6,15H,(H3,12,14,16)/b13-1+/t2-,3+,4-,5-,6-/m1/s1. The van der Waals surface area contributed by atoms with Crippen molar-refractivity contribution in [2.45, 2.75) is 34.7 Å². The summed E-state index contributed by atoms with van der Waals surface area (Å²) in [5, 5.41) is 13.4.